The molecule has 0 saturated heterocycles. The quantitative estimate of drug-likeness (QED) is 0.672. The fourth-order valence-corrected chi connectivity index (χ4v) is 2.60. The van der Waals surface area contributed by atoms with Crippen LogP contribution in [0.1, 0.15) is 40.7 Å². The molecule has 0 fully saturated rings. The van der Waals surface area contributed by atoms with Crippen LogP contribution in [0.2, 0.25) is 0 Å². The van der Waals surface area contributed by atoms with Crippen molar-refractivity contribution in [2.24, 2.45) is 5.10 Å². The van der Waals surface area contributed by atoms with Crippen LogP contribution in [0.3, 0.4) is 0 Å². The van der Waals surface area contributed by atoms with E-state index < -0.39 is 0 Å². The number of H-pyrrole nitrogens is 1. The van der Waals surface area contributed by atoms with Crippen LogP contribution in [-0.2, 0) is 12.8 Å². The van der Waals surface area contributed by atoms with Gasteiger partial charge in [-0.15, -0.1) is 0 Å². The van der Waals surface area contributed by atoms with Gasteiger partial charge in [-0.1, -0.05) is 36.4 Å². The summed E-state index contributed by atoms with van der Waals surface area (Å²) in [5.74, 6) is -0.261. The van der Waals surface area contributed by atoms with E-state index >= 15 is 0 Å². The van der Waals surface area contributed by atoms with Crippen LogP contribution in [0.15, 0.2) is 41.0 Å². The van der Waals surface area contributed by atoms with Gasteiger partial charge in [0.1, 0.15) is 0 Å². The number of rotatable bonds is 4. The van der Waals surface area contributed by atoms with Gasteiger partial charge in [0.2, 0.25) is 0 Å². The molecule has 112 valence electrons. The van der Waals surface area contributed by atoms with Crippen LogP contribution >= 0.6 is 0 Å². The Morgan fingerprint density at radius 1 is 1.32 bits per heavy atom. The molecule has 0 unspecified atom stereocenters. The lowest BCUT2D eigenvalue weighted by atomic mass is 10.1. The Morgan fingerprint density at radius 2 is 2.14 bits per heavy atom. The third-order valence-electron chi connectivity index (χ3n) is 3.65. The van der Waals surface area contributed by atoms with E-state index in [-0.39, 0.29) is 5.91 Å². The number of nitrogens with zero attached hydrogens (tertiary/aromatic N) is 2. The van der Waals surface area contributed by atoms with Crippen LogP contribution < -0.4 is 5.43 Å². The second-order valence-corrected chi connectivity index (χ2v) is 5.38. The normalized spacial score (nSPS) is 14.3. The van der Waals surface area contributed by atoms with Gasteiger partial charge in [-0.3, -0.25) is 9.89 Å². The van der Waals surface area contributed by atoms with Crippen LogP contribution in [-0.4, -0.2) is 22.3 Å². The number of fused-ring (bicyclic) bond motifs is 1. The van der Waals surface area contributed by atoms with Gasteiger partial charge < -0.3 is 0 Å². The minimum absolute atomic E-state index is 0.261. The van der Waals surface area contributed by atoms with Gasteiger partial charge in [-0.25, -0.2) is 5.43 Å². The Balaban J connectivity index is 1.62. The highest BCUT2D eigenvalue weighted by atomic mass is 16.2. The Labute approximate surface area is 129 Å². The maximum Gasteiger partial charge on any atom is 0.292 e. The van der Waals surface area contributed by atoms with E-state index in [1.165, 1.54) is 0 Å². The van der Waals surface area contributed by atoms with Crippen molar-refractivity contribution in [2.45, 2.75) is 26.2 Å². The first kappa shape index (κ1) is 14.3. The summed E-state index contributed by atoms with van der Waals surface area (Å²) in [4.78, 5) is 12.1. The van der Waals surface area contributed by atoms with Gasteiger partial charge in [0, 0.05) is 11.3 Å². The fourth-order valence-electron chi connectivity index (χ4n) is 2.60. The molecule has 2 N–H and O–H groups in total. The zero-order chi connectivity index (χ0) is 15.4. The molecule has 5 heteroatoms. The summed E-state index contributed by atoms with van der Waals surface area (Å²) >= 11 is 0. The standard InChI is InChI=1S/C17H18N4O/c1-12(10-13-6-3-2-4-7-13)11-18-21-17(22)16-14-8-5-9-15(14)19-20-16/h2-4,6-7,10-11H,5,8-9H2,1H3,(H,19,20)(H,21,22)/b12-10+,18-11-. The number of allylic oxidation sites excluding steroid dienone is 1. The summed E-state index contributed by atoms with van der Waals surface area (Å²) < 4.78 is 0. The van der Waals surface area contributed by atoms with E-state index in [0.29, 0.717) is 5.69 Å². The molecule has 0 bridgehead atoms. The van der Waals surface area contributed by atoms with Crippen molar-refractivity contribution in [2.75, 3.05) is 0 Å². The molecule has 1 heterocycles. The molecule has 22 heavy (non-hydrogen) atoms. The number of benzene rings is 1. The first-order valence-electron chi connectivity index (χ1n) is 7.37. The van der Waals surface area contributed by atoms with Gasteiger partial charge in [0.25, 0.3) is 5.91 Å². The lowest BCUT2D eigenvalue weighted by Gasteiger charge is -1.98. The summed E-state index contributed by atoms with van der Waals surface area (Å²) in [5.41, 5.74) is 7.17. The molecule has 0 spiro atoms. The minimum atomic E-state index is -0.261. The maximum absolute atomic E-state index is 12.1. The number of amides is 1. The van der Waals surface area contributed by atoms with E-state index in [1.807, 2.05) is 43.3 Å². The van der Waals surface area contributed by atoms with E-state index in [0.717, 1.165) is 41.7 Å². The molecule has 1 aromatic heterocycles. The number of nitrogens with one attached hydrogen (secondary N) is 2. The van der Waals surface area contributed by atoms with Crippen molar-refractivity contribution in [1.82, 2.24) is 15.6 Å². The average Bonchev–Trinajstić information content (AvgIpc) is 3.10. The first-order chi connectivity index (χ1) is 10.7. The molecule has 1 aliphatic carbocycles. The Hall–Kier alpha value is -2.69. The van der Waals surface area contributed by atoms with Crippen molar-refractivity contribution in [3.8, 4) is 0 Å². The number of hydrogen-bond acceptors (Lipinski definition) is 3. The highest BCUT2D eigenvalue weighted by Crippen LogP contribution is 2.22. The van der Waals surface area contributed by atoms with E-state index in [4.69, 9.17) is 0 Å². The van der Waals surface area contributed by atoms with Crippen molar-refractivity contribution < 1.29 is 4.79 Å². The molecule has 2 aromatic rings. The van der Waals surface area contributed by atoms with Crippen LogP contribution in [0.5, 0.6) is 0 Å². The highest BCUT2D eigenvalue weighted by molar-refractivity contribution is 5.95. The molecule has 0 saturated carbocycles. The van der Waals surface area contributed by atoms with Gasteiger partial charge in [0.15, 0.2) is 5.69 Å². The number of carbonyl (C=O) groups is 1. The number of aryl methyl sites for hydroxylation is 1. The number of carbonyl (C=O) groups excluding carboxylic acids is 1. The molecule has 1 aromatic carbocycles. The Bertz CT molecular complexity index is 728. The minimum Gasteiger partial charge on any atom is -0.281 e. The summed E-state index contributed by atoms with van der Waals surface area (Å²) in [7, 11) is 0. The third kappa shape index (κ3) is 3.14. The lowest BCUT2D eigenvalue weighted by Crippen LogP contribution is -2.19. The van der Waals surface area contributed by atoms with E-state index in [9.17, 15) is 4.79 Å². The number of aromatic nitrogens is 2. The molecule has 1 amide bonds. The Kier molecular flexibility index (Phi) is 4.14. The van der Waals surface area contributed by atoms with Crippen LogP contribution in [0, 0.1) is 0 Å². The zero-order valence-electron chi connectivity index (χ0n) is 12.5. The second kappa shape index (κ2) is 6.39. The van der Waals surface area contributed by atoms with E-state index in [1.54, 1.807) is 6.21 Å². The molecule has 1 aliphatic rings. The third-order valence-corrected chi connectivity index (χ3v) is 3.65. The average molecular weight is 294 g/mol. The molecule has 3 rings (SSSR count). The molecule has 0 atom stereocenters. The predicted molar refractivity (Wildman–Crippen MR) is 86.7 cm³/mol. The predicted octanol–water partition coefficient (Wildman–Crippen LogP) is 2.72. The molecular weight excluding hydrogens is 276 g/mol. The SMILES string of the molecule is CC(/C=N\NC(=O)c1n[nH]c2c1CCC2)=C\c1ccccc1. The van der Waals surface area contributed by atoms with Gasteiger partial charge in [0.05, 0.1) is 6.21 Å². The molecule has 5 nitrogen and oxygen atoms in total. The van der Waals surface area contributed by atoms with Gasteiger partial charge >= 0.3 is 0 Å². The molecule has 0 aliphatic heterocycles. The van der Waals surface area contributed by atoms with E-state index in [2.05, 4.69) is 20.7 Å². The molecule has 0 radical (unpaired) electrons. The topological polar surface area (TPSA) is 70.1 Å². The number of hydrogen-bond donors (Lipinski definition) is 2. The maximum atomic E-state index is 12.1. The summed E-state index contributed by atoms with van der Waals surface area (Å²) in [6.07, 6.45) is 6.59. The van der Waals surface area contributed by atoms with Crippen molar-refractivity contribution in [3.05, 3.63) is 58.4 Å². The van der Waals surface area contributed by atoms with Gasteiger partial charge in [-0.2, -0.15) is 10.2 Å². The van der Waals surface area contributed by atoms with Crippen LogP contribution in [0.4, 0.5) is 0 Å². The highest BCUT2D eigenvalue weighted by Gasteiger charge is 2.22. The zero-order valence-corrected chi connectivity index (χ0v) is 12.5. The van der Waals surface area contributed by atoms with Crippen molar-refractivity contribution >= 4 is 18.2 Å². The lowest BCUT2D eigenvalue weighted by molar-refractivity contribution is 0.0949. The monoisotopic (exact) mass is 294 g/mol. The molecular formula is C17H18N4O. The second-order valence-electron chi connectivity index (χ2n) is 5.38. The first-order valence-corrected chi connectivity index (χ1v) is 7.37. The smallest absolute Gasteiger partial charge is 0.281 e. The number of aromatic amines is 1. The van der Waals surface area contributed by atoms with Crippen molar-refractivity contribution in [1.29, 1.82) is 0 Å². The van der Waals surface area contributed by atoms with Crippen molar-refractivity contribution in [3.63, 3.8) is 0 Å². The largest absolute Gasteiger partial charge is 0.292 e. The number of hydrazone groups is 1. The van der Waals surface area contributed by atoms with Crippen LogP contribution in [0.25, 0.3) is 6.08 Å². The van der Waals surface area contributed by atoms with Gasteiger partial charge in [-0.05, 0) is 37.3 Å². The fraction of sp³-hybridized carbons (Fsp3) is 0.235. The summed E-state index contributed by atoms with van der Waals surface area (Å²) in [6.45, 7) is 1.94. The summed E-state index contributed by atoms with van der Waals surface area (Å²) in [6, 6.07) is 9.97. The summed E-state index contributed by atoms with van der Waals surface area (Å²) in [5, 5.41) is 11.0. The Morgan fingerprint density at radius 3 is 2.95 bits per heavy atom.